The third-order valence-corrected chi connectivity index (χ3v) is 3.26. The standard InChI is InChI=1S/C9H14O3/c1-5-2-8-6(7(5)4-10)3-9(11)12-8/h5-8,10H,2-4H2,1H3/t5-,6-,7?,8+/m0/s1. The van der Waals surface area contributed by atoms with Gasteiger partial charge in [0.05, 0.1) is 6.42 Å². The zero-order valence-electron chi connectivity index (χ0n) is 7.19. The summed E-state index contributed by atoms with van der Waals surface area (Å²) in [6.45, 7) is 2.31. The van der Waals surface area contributed by atoms with E-state index in [1.54, 1.807) is 0 Å². The first-order chi connectivity index (χ1) is 5.72. The highest BCUT2D eigenvalue weighted by molar-refractivity contribution is 5.72. The van der Waals surface area contributed by atoms with E-state index in [4.69, 9.17) is 9.84 Å². The summed E-state index contributed by atoms with van der Waals surface area (Å²) in [5.41, 5.74) is 0. The predicted octanol–water partition coefficient (Wildman–Crippen LogP) is 0.566. The SMILES string of the molecule is C[C@H]1C[C@H]2OC(=O)C[C@H]2C1CO. The first-order valence-corrected chi connectivity index (χ1v) is 4.52. The molecule has 1 heterocycles. The third-order valence-electron chi connectivity index (χ3n) is 3.26. The second-order valence-corrected chi connectivity index (χ2v) is 3.96. The van der Waals surface area contributed by atoms with Crippen molar-refractivity contribution in [2.45, 2.75) is 25.9 Å². The molecule has 0 aromatic heterocycles. The molecule has 1 N–H and O–H groups in total. The lowest BCUT2D eigenvalue weighted by molar-refractivity contribution is -0.141. The molecule has 12 heavy (non-hydrogen) atoms. The molecule has 0 radical (unpaired) electrons. The monoisotopic (exact) mass is 170 g/mol. The number of carbonyl (C=O) groups is 1. The number of aliphatic hydroxyl groups is 1. The van der Waals surface area contributed by atoms with Crippen LogP contribution in [0.1, 0.15) is 19.8 Å². The van der Waals surface area contributed by atoms with Crippen molar-refractivity contribution in [1.29, 1.82) is 0 Å². The van der Waals surface area contributed by atoms with Crippen molar-refractivity contribution in [3.63, 3.8) is 0 Å². The summed E-state index contributed by atoms with van der Waals surface area (Å²) in [5.74, 6) is 0.979. The molecule has 0 bridgehead atoms. The summed E-state index contributed by atoms with van der Waals surface area (Å²) in [6, 6.07) is 0. The molecule has 2 fully saturated rings. The van der Waals surface area contributed by atoms with Crippen LogP contribution in [0.25, 0.3) is 0 Å². The number of hydrogen-bond acceptors (Lipinski definition) is 3. The molecule has 0 spiro atoms. The lowest BCUT2D eigenvalue weighted by atomic mass is 9.89. The van der Waals surface area contributed by atoms with E-state index < -0.39 is 0 Å². The summed E-state index contributed by atoms with van der Waals surface area (Å²) in [4.78, 5) is 10.9. The van der Waals surface area contributed by atoms with Gasteiger partial charge < -0.3 is 9.84 Å². The summed E-state index contributed by atoms with van der Waals surface area (Å²) in [6.07, 6.45) is 1.55. The fraction of sp³-hybridized carbons (Fsp3) is 0.889. The van der Waals surface area contributed by atoms with Gasteiger partial charge in [-0.1, -0.05) is 6.92 Å². The van der Waals surface area contributed by atoms with Crippen molar-refractivity contribution in [3.05, 3.63) is 0 Å². The smallest absolute Gasteiger partial charge is 0.306 e. The molecule has 1 unspecified atom stereocenters. The molecular weight excluding hydrogens is 156 g/mol. The number of carbonyl (C=O) groups excluding carboxylic acids is 1. The molecule has 0 aromatic rings. The molecule has 3 nitrogen and oxygen atoms in total. The summed E-state index contributed by atoms with van der Waals surface area (Å²) in [5, 5.41) is 9.10. The van der Waals surface area contributed by atoms with Crippen molar-refractivity contribution in [1.82, 2.24) is 0 Å². The lowest BCUT2D eigenvalue weighted by Crippen LogP contribution is -2.19. The largest absolute Gasteiger partial charge is 0.462 e. The predicted molar refractivity (Wildman–Crippen MR) is 42.3 cm³/mol. The van der Waals surface area contributed by atoms with Crippen molar-refractivity contribution in [2.24, 2.45) is 17.8 Å². The van der Waals surface area contributed by atoms with Gasteiger partial charge in [-0.2, -0.15) is 0 Å². The van der Waals surface area contributed by atoms with Crippen LogP contribution in [0, 0.1) is 17.8 Å². The van der Waals surface area contributed by atoms with E-state index in [1.165, 1.54) is 0 Å². The van der Waals surface area contributed by atoms with Crippen LogP contribution < -0.4 is 0 Å². The van der Waals surface area contributed by atoms with E-state index in [0.717, 1.165) is 6.42 Å². The Morgan fingerprint density at radius 2 is 2.42 bits per heavy atom. The van der Waals surface area contributed by atoms with Crippen LogP contribution in [0.2, 0.25) is 0 Å². The van der Waals surface area contributed by atoms with Crippen LogP contribution in [-0.4, -0.2) is 23.8 Å². The number of aliphatic hydroxyl groups excluding tert-OH is 1. The Morgan fingerprint density at radius 3 is 3.08 bits per heavy atom. The first kappa shape index (κ1) is 8.05. The molecule has 1 aliphatic carbocycles. The highest BCUT2D eigenvalue weighted by Gasteiger charge is 2.47. The van der Waals surface area contributed by atoms with Gasteiger partial charge >= 0.3 is 5.97 Å². The first-order valence-electron chi connectivity index (χ1n) is 4.52. The van der Waals surface area contributed by atoms with Crippen molar-refractivity contribution in [2.75, 3.05) is 6.61 Å². The van der Waals surface area contributed by atoms with Gasteiger partial charge in [0.25, 0.3) is 0 Å². The van der Waals surface area contributed by atoms with Crippen LogP contribution in [0.5, 0.6) is 0 Å². The topological polar surface area (TPSA) is 46.5 Å². The summed E-state index contributed by atoms with van der Waals surface area (Å²) >= 11 is 0. The van der Waals surface area contributed by atoms with Gasteiger partial charge in [-0.3, -0.25) is 4.79 Å². The number of fused-ring (bicyclic) bond motifs is 1. The minimum atomic E-state index is -0.0876. The molecule has 3 heteroatoms. The molecule has 0 aromatic carbocycles. The van der Waals surface area contributed by atoms with Crippen molar-refractivity contribution in [3.8, 4) is 0 Å². The van der Waals surface area contributed by atoms with E-state index in [2.05, 4.69) is 6.92 Å². The Balaban J connectivity index is 2.11. The number of esters is 1. The number of rotatable bonds is 1. The van der Waals surface area contributed by atoms with Gasteiger partial charge in [-0.15, -0.1) is 0 Å². The van der Waals surface area contributed by atoms with Crippen LogP contribution in [0.3, 0.4) is 0 Å². The van der Waals surface area contributed by atoms with Gasteiger partial charge in [0.1, 0.15) is 6.10 Å². The maximum absolute atomic E-state index is 10.9. The molecular formula is C9H14O3. The van der Waals surface area contributed by atoms with Crippen LogP contribution in [0.4, 0.5) is 0 Å². The second-order valence-electron chi connectivity index (χ2n) is 3.96. The normalized spacial score (nSPS) is 46.0. The molecule has 1 saturated heterocycles. The van der Waals surface area contributed by atoms with E-state index in [9.17, 15) is 4.79 Å². The van der Waals surface area contributed by atoms with Gasteiger partial charge in [-0.05, 0) is 18.3 Å². The molecule has 2 rings (SSSR count). The molecule has 4 atom stereocenters. The Morgan fingerprint density at radius 1 is 1.67 bits per heavy atom. The zero-order valence-corrected chi connectivity index (χ0v) is 7.19. The molecule has 1 saturated carbocycles. The fourth-order valence-corrected chi connectivity index (χ4v) is 2.56. The highest BCUT2D eigenvalue weighted by atomic mass is 16.6. The average Bonchev–Trinajstić information content (AvgIpc) is 2.43. The average molecular weight is 170 g/mol. The van der Waals surface area contributed by atoms with E-state index in [0.29, 0.717) is 12.3 Å². The lowest BCUT2D eigenvalue weighted by Gasteiger charge is -2.15. The van der Waals surface area contributed by atoms with Gasteiger partial charge in [0.15, 0.2) is 0 Å². The molecule has 0 amide bonds. The van der Waals surface area contributed by atoms with E-state index in [-0.39, 0.29) is 30.5 Å². The Labute approximate surface area is 71.7 Å². The fourth-order valence-electron chi connectivity index (χ4n) is 2.56. The quantitative estimate of drug-likeness (QED) is 0.585. The Hall–Kier alpha value is -0.570. The van der Waals surface area contributed by atoms with Gasteiger partial charge in [-0.25, -0.2) is 0 Å². The summed E-state index contributed by atoms with van der Waals surface area (Å²) < 4.78 is 5.14. The maximum Gasteiger partial charge on any atom is 0.306 e. The van der Waals surface area contributed by atoms with Gasteiger partial charge in [0, 0.05) is 12.5 Å². The molecule has 1 aliphatic heterocycles. The second kappa shape index (κ2) is 2.73. The maximum atomic E-state index is 10.9. The zero-order chi connectivity index (χ0) is 8.72. The minimum Gasteiger partial charge on any atom is -0.462 e. The number of ether oxygens (including phenoxy) is 1. The van der Waals surface area contributed by atoms with E-state index in [1.807, 2.05) is 0 Å². The molecule has 68 valence electrons. The van der Waals surface area contributed by atoms with Gasteiger partial charge in [0.2, 0.25) is 0 Å². The minimum absolute atomic E-state index is 0.0876. The Kier molecular flexibility index (Phi) is 1.83. The molecule has 2 aliphatic rings. The number of hydrogen-bond donors (Lipinski definition) is 1. The van der Waals surface area contributed by atoms with Crippen molar-refractivity contribution < 1.29 is 14.6 Å². The highest BCUT2D eigenvalue weighted by Crippen LogP contribution is 2.44. The third kappa shape index (κ3) is 1.04. The van der Waals surface area contributed by atoms with Crippen LogP contribution in [-0.2, 0) is 9.53 Å². The Bertz CT molecular complexity index is 202. The van der Waals surface area contributed by atoms with Crippen LogP contribution in [0.15, 0.2) is 0 Å². The summed E-state index contributed by atoms with van der Waals surface area (Å²) in [7, 11) is 0. The van der Waals surface area contributed by atoms with Crippen molar-refractivity contribution >= 4 is 5.97 Å². The van der Waals surface area contributed by atoms with Crippen LogP contribution >= 0.6 is 0 Å². The van der Waals surface area contributed by atoms with E-state index >= 15 is 0 Å².